The predicted octanol–water partition coefficient (Wildman–Crippen LogP) is 3.25. The van der Waals surface area contributed by atoms with Gasteiger partial charge in [-0.3, -0.25) is 5.43 Å². The first-order chi connectivity index (χ1) is 20.7. The molecule has 13 heteroatoms. The standard InChI is InChI=1S/C30H32N4O9/c1-5-41-24-14-19(27-26(29(37)40-4)17(2)32-30(38)33-27)9-11-23(24)42-16-25(35)34-31-15-21-10-12-22(43-21)18-7-6-8-20(13-18)28(36)39-3/h6-15,25,27,34-35H,5,16H2,1-4H3,(H2,32,33,38)/b31-15+/t25-,27-/m0/s1. The Balaban J connectivity index is 1.38. The zero-order valence-corrected chi connectivity index (χ0v) is 24.0. The molecule has 0 spiro atoms. The molecule has 1 aliphatic rings. The molecule has 3 aromatic rings. The summed E-state index contributed by atoms with van der Waals surface area (Å²) in [7, 11) is 2.58. The highest BCUT2D eigenvalue weighted by Crippen LogP contribution is 2.35. The summed E-state index contributed by atoms with van der Waals surface area (Å²) in [6.07, 6.45) is 0.204. The van der Waals surface area contributed by atoms with Crippen LogP contribution in [0.1, 0.15) is 41.6 Å². The van der Waals surface area contributed by atoms with Crippen LogP contribution in [0.5, 0.6) is 11.5 Å². The normalized spacial score (nSPS) is 15.4. The Morgan fingerprint density at radius 2 is 1.86 bits per heavy atom. The van der Waals surface area contributed by atoms with E-state index < -0.39 is 30.2 Å². The van der Waals surface area contributed by atoms with Crippen LogP contribution in [0.25, 0.3) is 11.3 Å². The zero-order chi connectivity index (χ0) is 30.9. The van der Waals surface area contributed by atoms with E-state index in [4.69, 9.17) is 23.4 Å². The van der Waals surface area contributed by atoms with Crippen molar-refractivity contribution in [3.63, 3.8) is 0 Å². The van der Waals surface area contributed by atoms with Crippen molar-refractivity contribution >= 4 is 24.2 Å². The number of nitrogens with zero attached hydrogens (tertiary/aromatic N) is 1. The fourth-order valence-electron chi connectivity index (χ4n) is 4.30. The molecule has 0 saturated carbocycles. The van der Waals surface area contributed by atoms with E-state index in [1.807, 2.05) is 0 Å². The number of aliphatic hydroxyl groups is 1. The van der Waals surface area contributed by atoms with Gasteiger partial charge in [-0.25, -0.2) is 14.4 Å². The van der Waals surface area contributed by atoms with Crippen molar-refractivity contribution < 1.29 is 42.9 Å². The Morgan fingerprint density at radius 1 is 1.07 bits per heavy atom. The number of benzene rings is 2. The van der Waals surface area contributed by atoms with E-state index in [2.05, 4.69) is 21.2 Å². The van der Waals surface area contributed by atoms with Gasteiger partial charge >= 0.3 is 18.0 Å². The van der Waals surface area contributed by atoms with Gasteiger partial charge in [0.1, 0.15) is 18.1 Å². The summed E-state index contributed by atoms with van der Waals surface area (Å²) in [5, 5.41) is 19.7. The SMILES string of the molecule is CCOc1cc([C@@H]2NC(=O)NC(C)=C2C(=O)OC)ccc1OC[C@H](O)N/N=C/c1ccc(-c2cccc(C(=O)OC)c2)o1. The van der Waals surface area contributed by atoms with Gasteiger partial charge in [0.2, 0.25) is 0 Å². The van der Waals surface area contributed by atoms with Gasteiger partial charge in [0, 0.05) is 11.3 Å². The first kappa shape index (κ1) is 30.7. The molecule has 1 aliphatic heterocycles. The van der Waals surface area contributed by atoms with Crippen molar-refractivity contribution in [2.45, 2.75) is 26.1 Å². The lowest BCUT2D eigenvalue weighted by molar-refractivity contribution is -0.136. The molecular weight excluding hydrogens is 560 g/mol. The molecule has 4 rings (SSSR count). The van der Waals surface area contributed by atoms with E-state index in [0.29, 0.717) is 52.0 Å². The van der Waals surface area contributed by atoms with Crippen molar-refractivity contribution in [2.24, 2.45) is 5.10 Å². The van der Waals surface area contributed by atoms with Gasteiger partial charge in [0.25, 0.3) is 0 Å². The first-order valence-corrected chi connectivity index (χ1v) is 13.2. The Kier molecular flexibility index (Phi) is 10.0. The van der Waals surface area contributed by atoms with E-state index in [0.717, 1.165) is 0 Å². The topological polar surface area (TPSA) is 170 Å². The largest absolute Gasteiger partial charge is 0.490 e. The molecule has 0 radical (unpaired) electrons. The van der Waals surface area contributed by atoms with Crippen LogP contribution >= 0.6 is 0 Å². The molecule has 2 amide bonds. The van der Waals surface area contributed by atoms with Gasteiger partial charge in [-0.05, 0) is 55.8 Å². The van der Waals surface area contributed by atoms with Crippen LogP contribution in [0.4, 0.5) is 4.79 Å². The van der Waals surface area contributed by atoms with Crippen LogP contribution in [0, 0.1) is 0 Å². The van der Waals surface area contributed by atoms with Gasteiger partial charge in [-0.15, -0.1) is 0 Å². The molecule has 2 aromatic carbocycles. The van der Waals surface area contributed by atoms with Crippen molar-refractivity contribution in [3.05, 3.63) is 82.8 Å². The summed E-state index contributed by atoms with van der Waals surface area (Å²) in [4.78, 5) is 36.3. The number of urea groups is 1. The minimum Gasteiger partial charge on any atom is -0.490 e. The number of furan rings is 1. The monoisotopic (exact) mass is 592 g/mol. The van der Waals surface area contributed by atoms with Crippen LogP contribution in [0.2, 0.25) is 0 Å². The molecule has 1 aromatic heterocycles. The second-order valence-electron chi connectivity index (χ2n) is 9.19. The Hall–Kier alpha value is -5.30. The summed E-state index contributed by atoms with van der Waals surface area (Å²) in [6.45, 7) is 3.55. The molecule has 0 aliphatic carbocycles. The molecule has 226 valence electrons. The number of carbonyl (C=O) groups is 3. The predicted molar refractivity (Wildman–Crippen MR) is 154 cm³/mol. The minimum atomic E-state index is -1.18. The number of nitrogens with one attached hydrogen (secondary N) is 3. The molecule has 0 fully saturated rings. The number of amides is 2. The van der Waals surface area contributed by atoms with E-state index in [1.165, 1.54) is 20.4 Å². The highest BCUT2D eigenvalue weighted by Gasteiger charge is 2.32. The fourth-order valence-corrected chi connectivity index (χ4v) is 4.30. The van der Waals surface area contributed by atoms with Crippen molar-refractivity contribution in [1.29, 1.82) is 0 Å². The average molecular weight is 593 g/mol. The summed E-state index contributed by atoms with van der Waals surface area (Å²) >= 11 is 0. The number of allylic oxidation sites excluding steroid dienone is 1. The molecule has 0 bridgehead atoms. The highest BCUT2D eigenvalue weighted by molar-refractivity contribution is 5.95. The third-order valence-corrected chi connectivity index (χ3v) is 6.28. The first-order valence-electron chi connectivity index (χ1n) is 13.2. The van der Waals surface area contributed by atoms with Crippen molar-refractivity contribution in [1.82, 2.24) is 16.1 Å². The summed E-state index contributed by atoms with van der Waals surface area (Å²) in [6, 6.07) is 14.0. The molecule has 13 nitrogen and oxygen atoms in total. The second-order valence-corrected chi connectivity index (χ2v) is 9.19. The van der Waals surface area contributed by atoms with Gasteiger partial charge < -0.3 is 39.1 Å². The van der Waals surface area contributed by atoms with Crippen molar-refractivity contribution in [3.8, 4) is 22.8 Å². The quantitative estimate of drug-likeness (QED) is 0.106. The number of esters is 2. The number of rotatable bonds is 12. The summed E-state index contributed by atoms with van der Waals surface area (Å²) in [5.41, 5.74) is 4.86. The van der Waals surface area contributed by atoms with E-state index in [-0.39, 0.29) is 12.2 Å². The van der Waals surface area contributed by atoms with E-state index in [9.17, 15) is 19.5 Å². The molecule has 4 N–H and O–H groups in total. The Morgan fingerprint density at radius 3 is 2.60 bits per heavy atom. The lowest BCUT2D eigenvalue weighted by Crippen LogP contribution is -2.45. The third-order valence-electron chi connectivity index (χ3n) is 6.28. The number of methoxy groups -OCH3 is 2. The minimum absolute atomic E-state index is 0.184. The lowest BCUT2D eigenvalue weighted by Gasteiger charge is -2.28. The molecule has 0 saturated heterocycles. The van der Waals surface area contributed by atoms with Crippen LogP contribution < -0.4 is 25.5 Å². The van der Waals surface area contributed by atoms with E-state index in [1.54, 1.807) is 68.4 Å². The maximum Gasteiger partial charge on any atom is 0.337 e. The number of carbonyl (C=O) groups excluding carboxylic acids is 3. The lowest BCUT2D eigenvalue weighted by atomic mass is 9.95. The van der Waals surface area contributed by atoms with Crippen LogP contribution in [-0.4, -0.2) is 63.0 Å². The molecular formula is C30H32N4O9. The number of aliphatic hydroxyl groups excluding tert-OH is 1. The highest BCUT2D eigenvalue weighted by atomic mass is 16.5. The van der Waals surface area contributed by atoms with Gasteiger partial charge in [-0.1, -0.05) is 18.2 Å². The zero-order valence-electron chi connectivity index (χ0n) is 24.0. The molecule has 2 atom stereocenters. The number of ether oxygens (including phenoxy) is 4. The fraction of sp³-hybridized carbons (Fsp3) is 0.267. The van der Waals surface area contributed by atoms with Crippen molar-refractivity contribution in [2.75, 3.05) is 27.4 Å². The Bertz CT molecular complexity index is 1550. The third kappa shape index (κ3) is 7.51. The summed E-state index contributed by atoms with van der Waals surface area (Å²) < 4.78 is 26.9. The van der Waals surface area contributed by atoms with Gasteiger partial charge in [-0.2, -0.15) is 5.10 Å². The molecule has 43 heavy (non-hydrogen) atoms. The Labute approximate surface area is 247 Å². The van der Waals surface area contributed by atoms with Crippen LogP contribution in [0.3, 0.4) is 0 Å². The molecule has 0 unspecified atom stereocenters. The smallest absolute Gasteiger partial charge is 0.337 e. The van der Waals surface area contributed by atoms with Crippen LogP contribution in [-0.2, 0) is 14.3 Å². The van der Waals surface area contributed by atoms with Gasteiger partial charge in [0.15, 0.2) is 17.7 Å². The van der Waals surface area contributed by atoms with Crippen LogP contribution in [0.15, 0.2) is 75.4 Å². The number of hydrogen-bond donors (Lipinski definition) is 4. The van der Waals surface area contributed by atoms with E-state index >= 15 is 0 Å². The number of hydrogen-bond acceptors (Lipinski definition) is 11. The maximum absolute atomic E-state index is 12.4. The second kappa shape index (κ2) is 14.0. The van der Waals surface area contributed by atoms with Gasteiger partial charge in [0.05, 0.1) is 44.2 Å². The number of hydrazone groups is 1. The summed E-state index contributed by atoms with van der Waals surface area (Å²) in [5.74, 6) is 0.590. The maximum atomic E-state index is 12.4. The average Bonchev–Trinajstić information content (AvgIpc) is 3.48. The molecule has 2 heterocycles.